The Morgan fingerprint density at radius 1 is 0.800 bits per heavy atom. The predicted octanol–water partition coefficient (Wildman–Crippen LogP) is 3.59. The van der Waals surface area contributed by atoms with Crippen molar-refractivity contribution in [1.82, 2.24) is 15.5 Å². The zero-order chi connectivity index (χ0) is 24.6. The Balaban J connectivity index is 1.38. The summed E-state index contributed by atoms with van der Waals surface area (Å²) >= 11 is 0. The number of nitrogens with one attached hydrogen (secondary N) is 2. The standard InChI is InChI=1S/C28H28FN3O3/c29-23-13-11-22(12-14-23)26(33)30-24-15-17-32(18-16-24)28(35)25(19-20-7-3-1-4-8-20)31-27(34)21-9-5-2-6-10-21/h1-14,24-25H,15-19H2,(H,30,33)(H,31,34). The van der Waals surface area contributed by atoms with Gasteiger partial charge in [-0.05, 0) is 54.8 Å². The van der Waals surface area contributed by atoms with Gasteiger partial charge < -0.3 is 15.5 Å². The highest BCUT2D eigenvalue weighted by Gasteiger charge is 2.30. The number of benzene rings is 3. The van der Waals surface area contributed by atoms with Gasteiger partial charge in [0.2, 0.25) is 5.91 Å². The third kappa shape index (κ3) is 6.53. The van der Waals surface area contributed by atoms with Crippen molar-refractivity contribution >= 4 is 17.7 Å². The van der Waals surface area contributed by atoms with Gasteiger partial charge >= 0.3 is 0 Å². The van der Waals surface area contributed by atoms with Crippen LogP contribution in [0.15, 0.2) is 84.9 Å². The van der Waals surface area contributed by atoms with Crippen LogP contribution in [0.25, 0.3) is 0 Å². The monoisotopic (exact) mass is 473 g/mol. The summed E-state index contributed by atoms with van der Waals surface area (Å²) in [6.07, 6.45) is 1.59. The number of likely N-dealkylation sites (tertiary alicyclic amines) is 1. The zero-order valence-electron chi connectivity index (χ0n) is 19.3. The summed E-state index contributed by atoms with van der Waals surface area (Å²) in [5, 5.41) is 5.89. The van der Waals surface area contributed by atoms with E-state index in [9.17, 15) is 18.8 Å². The van der Waals surface area contributed by atoms with Gasteiger partial charge in [0.1, 0.15) is 11.9 Å². The Labute approximate surface area is 204 Å². The fraction of sp³-hybridized carbons (Fsp3) is 0.250. The number of hydrogen-bond acceptors (Lipinski definition) is 3. The molecule has 0 aliphatic carbocycles. The molecule has 1 saturated heterocycles. The number of piperidine rings is 1. The van der Waals surface area contributed by atoms with E-state index in [1.54, 1.807) is 29.2 Å². The van der Waals surface area contributed by atoms with Crippen molar-refractivity contribution in [3.05, 3.63) is 107 Å². The Bertz CT molecular complexity index is 1150. The predicted molar refractivity (Wildman–Crippen MR) is 131 cm³/mol. The first-order chi connectivity index (χ1) is 17.0. The molecule has 0 saturated carbocycles. The van der Waals surface area contributed by atoms with Crippen LogP contribution >= 0.6 is 0 Å². The van der Waals surface area contributed by atoms with Gasteiger partial charge in [0.15, 0.2) is 0 Å². The average Bonchev–Trinajstić information content (AvgIpc) is 2.90. The van der Waals surface area contributed by atoms with Crippen LogP contribution in [0.4, 0.5) is 4.39 Å². The topological polar surface area (TPSA) is 78.5 Å². The second kappa shape index (κ2) is 11.4. The highest BCUT2D eigenvalue weighted by molar-refractivity contribution is 5.97. The second-order valence-electron chi connectivity index (χ2n) is 8.66. The number of hydrogen-bond donors (Lipinski definition) is 2. The van der Waals surface area contributed by atoms with Crippen LogP contribution < -0.4 is 10.6 Å². The molecule has 1 aliphatic heterocycles. The lowest BCUT2D eigenvalue weighted by molar-refractivity contribution is -0.134. The fourth-order valence-electron chi connectivity index (χ4n) is 4.22. The van der Waals surface area contributed by atoms with E-state index in [1.165, 1.54) is 24.3 Å². The molecule has 0 spiro atoms. The third-order valence-electron chi connectivity index (χ3n) is 6.17. The van der Waals surface area contributed by atoms with Crippen LogP contribution in [0.3, 0.4) is 0 Å². The maximum absolute atomic E-state index is 13.4. The molecular formula is C28H28FN3O3. The van der Waals surface area contributed by atoms with Crippen molar-refractivity contribution in [3.8, 4) is 0 Å². The van der Waals surface area contributed by atoms with Crippen molar-refractivity contribution in [2.45, 2.75) is 31.3 Å². The number of carbonyl (C=O) groups is 3. The lowest BCUT2D eigenvalue weighted by Crippen LogP contribution is -2.53. The maximum Gasteiger partial charge on any atom is 0.251 e. The number of carbonyl (C=O) groups excluding carboxylic acids is 3. The molecule has 6 nitrogen and oxygen atoms in total. The smallest absolute Gasteiger partial charge is 0.251 e. The molecule has 35 heavy (non-hydrogen) atoms. The molecule has 3 amide bonds. The molecule has 1 fully saturated rings. The molecule has 180 valence electrons. The molecule has 1 heterocycles. The summed E-state index contributed by atoms with van der Waals surface area (Å²) in [6, 6.07) is 23.1. The van der Waals surface area contributed by atoms with Crippen LogP contribution in [0.2, 0.25) is 0 Å². The molecule has 1 aliphatic rings. The van der Waals surface area contributed by atoms with Crippen LogP contribution in [0, 0.1) is 5.82 Å². The number of nitrogens with zero attached hydrogens (tertiary/aromatic N) is 1. The molecule has 2 N–H and O–H groups in total. The van der Waals surface area contributed by atoms with E-state index in [4.69, 9.17) is 0 Å². The molecule has 1 unspecified atom stereocenters. The molecule has 3 aromatic carbocycles. The SMILES string of the molecule is O=C(NC1CCN(C(=O)C(Cc2ccccc2)NC(=O)c2ccccc2)CC1)c1ccc(F)cc1. The molecule has 0 bridgehead atoms. The summed E-state index contributed by atoms with van der Waals surface area (Å²) in [4.78, 5) is 40.4. The molecule has 4 rings (SSSR count). The summed E-state index contributed by atoms with van der Waals surface area (Å²) in [5.41, 5.74) is 1.86. The Kier molecular flexibility index (Phi) is 7.88. The largest absolute Gasteiger partial charge is 0.349 e. The number of halogens is 1. The quantitative estimate of drug-likeness (QED) is 0.551. The summed E-state index contributed by atoms with van der Waals surface area (Å²) < 4.78 is 13.1. The van der Waals surface area contributed by atoms with E-state index < -0.39 is 11.9 Å². The van der Waals surface area contributed by atoms with Crippen LogP contribution in [0.1, 0.15) is 39.1 Å². The summed E-state index contributed by atoms with van der Waals surface area (Å²) in [5.74, 6) is -1.08. The molecular weight excluding hydrogens is 445 g/mol. The van der Waals surface area contributed by atoms with Gasteiger partial charge in [-0.1, -0.05) is 48.5 Å². The normalized spacial score (nSPS) is 14.7. The first-order valence-corrected chi connectivity index (χ1v) is 11.7. The van der Waals surface area contributed by atoms with Crippen molar-refractivity contribution < 1.29 is 18.8 Å². The fourth-order valence-corrected chi connectivity index (χ4v) is 4.22. The van der Waals surface area contributed by atoms with Gasteiger partial charge in [-0.3, -0.25) is 14.4 Å². The number of amides is 3. The van der Waals surface area contributed by atoms with E-state index in [1.807, 2.05) is 36.4 Å². The van der Waals surface area contributed by atoms with Crippen LogP contribution in [0.5, 0.6) is 0 Å². The molecule has 3 aromatic rings. The van der Waals surface area contributed by atoms with Gasteiger partial charge in [0.05, 0.1) is 0 Å². The van der Waals surface area contributed by atoms with Crippen molar-refractivity contribution in [1.29, 1.82) is 0 Å². The summed E-state index contributed by atoms with van der Waals surface area (Å²) in [6.45, 7) is 0.944. The van der Waals surface area contributed by atoms with Crippen molar-refractivity contribution in [2.75, 3.05) is 13.1 Å². The van der Waals surface area contributed by atoms with Crippen molar-refractivity contribution in [2.24, 2.45) is 0 Å². The minimum absolute atomic E-state index is 0.0805. The van der Waals surface area contributed by atoms with Crippen LogP contribution in [-0.2, 0) is 11.2 Å². The Morgan fingerprint density at radius 2 is 1.37 bits per heavy atom. The lowest BCUT2D eigenvalue weighted by atomic mass is 10.0. The van der Waals surface area contributed by atoms with Crippen molar-refractivity contribution in [3.63, 3.8) is 0 Å². The molecule has 0 aromatic heterocycles. The minimum Gasteiger partial charge on any atom is -0.349 e. The first kappa shape index (κ1) is 24.1. The highest BCUT2D eigenvalue weighted by Crippen LogP contribution is 2.15. The van der Waals surface area contributed by atoms with Gasteiger partial charge in [-0.2, -0.15) is 0 Å². The maximum atomic E-state index is 13.4. The van der Waals surface area contributed by atoms with E-state index >= 15 is 0 Å². The van der Waals surface area contributed by atoms with E-state index in [0.717, 1.165) is 5.56 Å². The van der Waals surface area contributed by atoms with E-state index in [0.29, 0.717) is 43.5 Å². The van der Waals surface area contributed by atoms with Crippen LogP contribution in [-0.4, -0.2) is 47.8 Å². The first-order valence-electron chi connectivity index (χ1n) is 11.7. The lowest BCUT2D eigenvalue weighted by Gasteiger charge is -2.34. The summed E-state index contributed by atoms with van der Waals surface area (Å²) in [7, 11) is 0. The van der Waals surface area contributed by atoms with Gasteiger partial charge in [-0.15, -0.1) is 0 Å². The Morgan fingerprint density at radius 3 is 2.00 bits per heavy atom. The third-order valence-corrected chi connectivity index (χ3v) is 6.17. The van der Waals surface area contributed by atoms with Gasteiger partial charge in [0.25, 0.3) is 11.8 Å². The van der Waals surface area contributed by atoms with Gasteiger partial charge in [-0.25, -0.2) is 4.39 Å². The average molecular weight is 474 g/mol. The molecule has 7 heteroatoms. The minimum atomic E-state index is -0.699. The van der Waals surface area contributed by atoms with E-state index in [-0.39, 0.29) is 23.8 Å². The van der Waals surface area contributed by atoms with Gasteiger partial charge in [0, 0.05) is 36.7 Å². The molecule has 1 atom stereocenters. The molecule has 0 radical (unpaired) electrons. The van der Waals surface area contributed by atoms with E-state index in [2.05, 4.69) is 10.6 Å². The highest BCUT2D eigenvalue weighted by atomic mass is 19.1. The zero-order valence-corrected chi connectivity index (χ0v) is 19.3. The second-order valence-corrected chi connectivity index (χ2v) is 8.66. The number of rotatable bonds is 7. The Hall–Kier alpha value is -4.00.